The van der Waals surface area contributed by atoms with Gasteiger partial charge >= 0.3 is 0 Å². The van der Waals surface area contributed by atoms with Gasteiger partial charge in [0.2, 0.25) is 0 Å². The van der Waals surface area contributed by atoms with Crippen LogP contribution in [0.2, 0.25) is 0 Å². The topological polar surface area (TPSA) is 52.2 Å². The molecular weight excluding hydrogens is 394 g/mol. The van der Waals surface area contributed by atoms with Gasteiger partial charge in [0.25, 0.3) is 0 Å². The fourth-order valence-electron chi connectivity index (χ4n) is 3.13. The smallest absolute Gasteiger partial charge is 0.139 e. The first-order valence-electron chi connectivity index (χ1n) is 10.2. The van der Waals surface area contributed by atoms with Crippen LogP contribution < -0.4 is 0 Å². The second-order valence-electron chi connectivity index (χ2n) is 8.97. The van der Waals surface area contributed by atoms with Crippen molar-refractivity contribution in [2.24, 2.45) is 0 Å². The van der Waals surface area contributed by atoms with Crippen molar-refractivity contribution in [3.05, 3.63) is 42.4 Å². The first kappa shape index (κ1) is 22.5. The third kappa shape index (κ3) is 5.91. The molecule has 0 saturated heterocycles. The lowest BCUT2D eigenvalue weighted by atomic mass is 10.0. The zero-order chi connectivity index (χ0) is 21.9. The summed E-state index contributed by atoms with van der Waals surface area (Å²) in [7, 11) is -0.543. The van der Waals surface area contributed by atoms with Crippen LogP contribution in [0.5, 0.6) is 0 Å². The number of rotatable bonds is 7. The molecule has 1 N–H and O–H groups in total. The van der Waals surface area contributed by atoms with E-state index in [1.54, 1.807) is 13.8 Å². The van der Waals surface area contributed by atoms with Gasteiger partial charge in [-0.05, 0) is 57.7 Å². The van der Waals surface area contributed by atoms with Crippen LogP contribution in [0.25, 0.3) is 22.0 Å². The number of ether oxygens (including phenoxy) is 1. The van der Waals surface area contributed by atoms with Crippen LogP contribution in [0.3, 0.4) is 0 Å². The first-order chi connectivity index (χ1) is 14.1. The molecule has 3 rings (SSSR count). The van der Waals surface area contributed by atoms with Crippen molar-refractivity contribution >= 4 is 20.9 Å². The second kappa shape index (κ2) is 8.89. The van der Waals surface area contributed by atoms with E-state index in [0.29, 0.717) is 6.73 Å². The van der Waals surface area contributed by atoms with Crippen molar-refractivity contribution in [2.45, 2.75) is 39.6 Å². The molecule has 2 aromatic heterocycles. The standard InChI is InChI=1S/C24H33N3O2S/c1-7-26-17-22(20-15-25-27(16-20)18-29-12-13-30(4,5)6)21-14-19(8-9-23(21)26)10-11-24(2,3)28/h8-9,14-17,28H,7,12-13,18H2,1-6H3. The van der Waals surface area contributed by atoms with Crippen LogP contribution >= 0.6 is 10.0 Å². The van der Waals surface area contributed by atoms with E-state index in [4.69, 9.17) is 4.74 Å². The minimum absolute atomic E-state index is 0.463. The van der Waals surface area contributed by atoms with E-state index in [1.165, 1.54) is 5.52 Å². The molecule has 0 amide bonds. The third-order valence-electron chi connectivity index (χ3n) is 4.74. The Morgan fingerprint density at radius 3 is 2.63 bits per heavy atom. The number of aryl methyl sites for hydroxylation is 1. The fraction of sp³-hybridized carbons (Fsp3) is 0.458. The van der Waals surface area contributed by atoms with Gasteiger partial charge in [0.15, 0.2) is 0 Å². The average Bonchev–Trinajstić information content (AvgIpc) is 3.26. The van der Waals surface area contributed by atoms with Crippen molar-refractivity contribution in [1.82, 2.24) is 14.3 Å². The van der Waals surface area contributed by atoms with Gasteiger partial charge < -0.3 is 14.4 Å². The molecule has 2 heterocycles. The summed E-state index contributed by atoms with van der Waals surface area (Å²) in [5.74, 6) is 7.08. The van der Waals surface area contributed by atoms with Crippen LogP contribution in [0, 0.1) is 11.8 Å². The highest BCUT2D eigenvalue weighted by atomic mass is 32.3. The molecule has 0 unspecified atom stereocenters. The molecule has 0 aliphatic heterocycles. The minimum Gasteiger partial charge on any atom is -0.378 e. The maximum atomic E-state index is 9.90. The highest BCUT2D eigenvalue weighted by molar-refractivity contribution is 8.32. The molecule has 0 saturated carbocycles. The lowest BCUT2D eigenvalue weighted by Gasteiger charge is -2.24. The van der Waals surface area contributed by atoms with Gasteiger partial charge in [-0.15, -0.1) is 0 Å². The third-order valence-corrected chi connectivity index (χ3v) is 6.13. The van der Waals surface area contributed by atoms with Gasteiger partial charge in [-0.2, -0.15) is 5.10 Å². The SMILES string of the molecule is CCn1cc(-c2cnn(COCCS(C)(C)C)c2)c2cc(C#CC(C)(C)O)ccc21. The van der Waals surface area contributed by atoms with E-state index >= 15 is 0 Å². The van der Waals surface area contributed by atoms with Crippen LogP contribution in [-0.4, -0.2) is 56.2 Å². The van der Waals surface area contributed by atoms with Crippen LogP contribution in [0.15, 0.2) is 36.8 Å². The number of fused-ring (bicyclic) bond motifs is 1. The highest BCUT2D eigenvalue weighted by Gasteiger charge is 2.13. The molecule has 3 aromatic rings. The largest absolute Gasteiger partial charge is 0.378 e. The van der Waals surface area contributed by atoms with E-state index in [0.717, 1.165) is 41.0 Å². The molecule has 0 radical (unpaired) electrons. The molecule has 0 bridgehead atoms. The Hall–Kier alpha value is -2.20. The second-order valence-corrected chi connectivity index (χ2v) is 13.6. The number of hydrogen-bond acceptors (Lipinski definition) is 3. The fourth-order valence-corrected chi connectivity index (χ4v) is 3.75. The average molecular weight is 428 g/mol. The van der Waals surface area contributed by atoms with E-state index in [1.807, 2.05) is 23.1 Å². The molecular formula is C24H33N3O2S. The normalized spacial score (nSPS) is 12.8. The van der Waals surface area contributed by atoms with Crippen molar-refractivity contribution in [3.63, 3.8) is 0 Å². The maximum absolute atomic E-state index is 9.90. The first-order valence-corrected chi connectivity index (χ1v) is 13.2. The molecule has 0 atom stereocenters. The Morgan fingerprint density at radius 1 is 1.20 bits per heavy atom. The summed E-state index contributed by atoms with van der Waals surface area (Å²) in [6.45, 7) is 7.63. The molecule has 30 heavy (non-hydrogen) atoms. The molecule has 5 nitrogen and oxygen atoms in total. The Kier molecular flexibility index (Phi) is 6.66. The van der Waals surface area contributed by atoms with Gasteiger partial charge in [-0.3, -0.25) is 0 Å². The summed E-state index contributed by atoms with van der Waals surface area (Å²) in [5, 5.41) is 15.5. The predicted molar refractivity (Wildman–Crippen MR) is 128 cm³/mol. The van der Waals surface area contributed by atoms with Crippen molar-refractivity contribution in [3.8, 4) is 23.0 Å². The zero-order valence-electron chi connectivity index (χ0n) is 18.9. The van der Waals surface area contributed by atoms with E-state index < -0.39 is 15.6 Å². The Balaban J connectivity index is 1.86. The number of benzene rings is 1. The molecule has 0 spiro atoms. The van der Waals surface area contributed by atoms with Gasteiger partial charge in [0.1, 0.15) is 12.3 Å². The van der Waals surface area contributed by atoms with E-state index in [9.17, 15) is 5.11 Å². The van der Waals surface area contributed by atoms with Crippen molar-refractivity contribution in [1.29, 1.82) is 0 Å². The lowest BCUT2D eigenvalue weighted by molar-refractivity contribution is 0.0809. The predicted octanol–water partition coefficient (Wildman–Crippen LogP) is 4.32. The van der Waals surface area contributed by atoms with Crippen LogP contribution in [0.1, 0.15) is 26.3 Å². The van der Waals surface area contributed by atoms with Gasteiger partial charge in [0.05, 0.1) is 12.8 Å². The molecule has 0 aliphatic carbocycles. The summed E-state index contributed by atoms with van der Waals surface area (Å²) in [6.07, 6.45) is 13.0. The summed E-state index contributed by atoms with van der Waals surface area (Å²) >= 11 is 0. The van der Waals surface area contributed by atoms with Crippen molar-refractivity contribution < 1.29 is 9.84 Å². The Bertz CT molecular complexity index is 1070. The summed E-state index contributed by atoms with van der Waals surface area (Å²) < 4.78 is 9.90. The molecule has 6 heteroatoms. The van der Waals surface area contributed by atoms with Gasteiger partial charge in [0, 0.05) is 52.3 Å². The van der Waals surface area contributed by atoms with Crippen LogP contribution in [-0.2, 0) is 18.0 Å². The number of hydrogen-bond donors (Lipinski definition) is 1. The molecule has 162 valence electrons. The molecule has 1 aromatic carbocycles. The van der Waals surface area contributed by atoms with Gasteiger partial charge in [-0.25, -0.2) is 14.7 Å². The lowest BCUT2D eigenvalue weighted by Crippen LogP contribution is -2.14. The summed E-state index contributed by atoms with van der Waals surface area (Å²) in [5.41, 5.74) is 3.23. The van der Waals surface area contributed by atoms with E-state index in [2.05, 4.69) is 65.5 Å². The van der Waals surface area contributed by atoms with Crippen LogP contribution in [0.4, 0.5) is 0 Å². The zero-order valence-corrected chi connectivity index (χ0v) is 19.7. The Labute approximate surface area is 181 Å². The number of nitrogens with zero attached hydrogens (tertiary/aromatic N) is 3. The molecule has 0 aliphatic rings. The van der Waals surface area contributed by atoms with E-state index in [-0.39, 0.29) is 0 Å². The Morgan fingerprint density at radius 2 is 1.97 bits per heavy atom. The monoisotopic (exact) mass is 427 g/mol. The number of aromatic nitrogens is 3. The maximum Gasteiger partial charge on any atom is 0.139 e. The van der Waals surface area contributed by atoms with Gasteiger partial charge in [-0.1, -0.05) is 11.8 Å². The summed E-state index contributed by atoms with van der Waals surface area (Å²) in [4.78, 5) is 0. The quantitative estimate of drug-likeness (QED) is 0.451. The summed E-state index contributed by atoms with van der Waals surface area (Å²) in [6, 6.07) is 6.19. The minimum atomic E-state index is -1.01. The molecule has 0 fully saturated rings. The highest BCUT2D eigenvalue weighted by Crippen LogP contribution is 2.34. The van der Waals surface area contributed by atoms with Crippen molar-refractivity contribution in [2.75, 3.05) is 31.1 Å². The number of aliphatic hydroxyl groups is 1.